The quantitative estimate of drug-likeness (QED) is 0.783. The van der Waals surface area contributed by atoms with Crippen LogP contribution in [0.4, 0.5) is 5.95 Å². The monoisotopic (exact) mass is 388 g/mol. The molecule has 27 heavy (non-hydrogen) atoms. The molecule has 0 N–H and O–H groups in total. The number of amides is 1. The van der Waals surface area contributed by atoms with Crippen LogP contribution in [0, 0.1) is 0 Å². The van der Waals surface area contributed by atoms with Crippen LogP contribution in [0.15, 0.2) is 30.5 Å². The van der Waals surface area contributed by atoms with Crippen molar-refractivity contribution in [2.45, 2.75) is 25.3 Å². The number of carbonyl (C=O) groups is 1. The van der Waals surface area contributed by atoms with Crippen molar-refractivity contribution in [3.63, 3.8) is 0 Å². The van der Waals surface area contributed by atoms with Gasteiger partial charge in [-0.1, -0.05) is 23.7 Å². The number of piperidine rings is 1. The summed E-state index contributed by atoms with van der Waals surface area (Å²) in [6.07, 6.45) is 4.74. The molecule has 1 aromatic heterocycles. The summed E-state index contributed by atoms with van der Waals surface area (Å²) in [5.41, 5.74) is 2.72. The lowest BCUT2D eigenvalue weighted by Crippen LogP contribution is -2.41. The molecule has 1 aliphatic heterocycles. The van der Waals surface area contributed by atoms with Crippen LogP contribution in [0.3, 0.4) is 0 Å². The average Bonchev–Trinajstić information content (AvgIpc) is 2.67. The van der Waals surface area contributed by atoms with Gasteiger partial charge in [0.2, 0.25) is 11.9 Å². The number of hydrogen-bond acceptors (Lipinski definition) is 5. The molecule has 2 aromatic rings. The molecule has 0 aliphatic carbocycles. The van der Waals surface area contributed by atoms with Crippen molar-refractivity contribution in [3.8, 4) is 11.1 Å². The van der Waals surface area contributed by atoms with Crippen molar-refractivity contribution in [1.82, 2.24) is 14.9 Å². The molecular weight excluding hydrogens is 364 g/mol. The Morgan fingerprint density at radius 3 is 2.89 bits per heavy atom. The van der Waals surface area contributed by atoms with Crippen LogP contribution >= 0.6 is 11.6 Å². The van der Waals surface area contributed by atoms with Gasteiger partial charge >= 0.3 is 0 Å². The SMILES string of the molecule is COCC(=O)N1CCCC[C@H]1c1nc(N(C)C)ncc1-c1cccc(Cl)c1. The fraction of sp³-hybridized carbons (Fsp3) is 0.450. The number of nitrogens with zero attached hydrogens (tertiary/aromatic N) is 4. The molecule has 2 heterocycles. The standard InChI is InChI=1S/C20H25ClN4O2/c1-24(2)20-22-12-16(14-7-6-8-15(21)11-14)19(23-20)17-9-4-5-10-25(17)18(26)13-27-3/h6-8,11-12,17H,4-5,9-10,13H2,1-3H3/t17-/m0/s1. The van der Waals surface area contributed by atoms with E-state index in [1.54, 1.807) is 7.11 Å². The number of ether oxygens (including phenoxy) is 1. The van der Waals surface area contributed by atoms with Crippen LogP contribution in [0.1, 0.15) is 31.0 Å². The van der Waals surface area contributed by atoms with Gasteiger partial charge in [0, 0.05) is 44.5 Å². The summed E-state index contributed by atoms with van der Waals surface area (Å²) >= 11 is 6.20. The third kappa shape index (κ3) is 4.39. The van der Waals surface area contributed by atoms with Gasteiger partial charge in [0.25, 0.3) is 0 Å². The Bertz CT molecular complexity index is 812. The molecule has 7 heteroatoms. The largest absolute Gasteiger partial charge is 0.375 e. The van der Waals surface area contributed by atoms with Crippen molar-refractivity contribution < 1.29 is 9.53 Å². The van der Waals surface area contributed by atoms with Gasteiger partial charge in [0.15, 0.2) is 0 Å². The number of methoxy groups -OCH3 is 1. The second-order valence-corrected chi connectivity index (χ2v) is 7.34. The Labute approximate surface area is 165 Å². The number of rotatable bonds is 5. The zero-order chi connectivity index (χ0) is 19.4. The lowest BCUT2D eigenvalue weighted by Gasteiger charge is -2.36. The first-order valence-corrected chi connectivity index (χ1v) is 9.47. The van der Waals surface area contributed by atoms with Crippen molar-refractivity contribution in [1.29, 1.82) is 0 Å². The summed E-state index contributed by atoms with van der Waals surface area (Å²) in [6, 6.07) is 7.55. The molecule has 1 aliphatic rings. The molecule has 1 atom stereocenters. The van der Waals surface area contributed by atoms with E-state index in [4.69, 9.17) is 21.3 Å². The summed E-state index contributed by atoms with van der Waals surface area (Å²) in [5.74, 6) is 0.616. The number of halogens is 1. The van der Waals surface area contributed by atoms with Gasteiger partial charge in [0.05, 0.1) is 11.7 Å². The normalized spacial score (nSPS) is 17.0. The van der Waals surface area contributed by atoms with E-state index in [1.165, 1.54) is 0 Å². The maximum absolute atomic E-state index is 12.6. The highest BCUT2D eigenvalue weighted by Crippen LogP contribution is 2.37. The van der Waals surface area contributed by atoms with E-state index in [0.717, 1.165) is 36.1 Å². The summed E-state index contributed by atoms with van der Waals surface area (Å²) < 4.78 is 5.08. The number of likely N-dealkylation sites (tertiary alicyclic amines) is 1. The molecular formula is C20H25ClN4O2. The Balaban J connectivity index is 2.10. The average molecular weight is 389 g/mol. The van der Waals surface area contributed by atoms with Gasteiger partial charge in [0.1, 0.15) is 6.61 Å². The molecule has 0 bridgehead atoms. The van der Waals surface area contributed by atoms with E-state index in [0.29, 0.717) is 17.5 Å². The number of hydrogen-bond donors (Lipinski definition) is 0. The predicted octanol–water partition coefficient (Wildman–Crippen LogP) is 3.56. The van der Waals surface area contributed by atoms with Crippen molar-refractivity contribution in [2.24, 2.45) is 0 Å². The van der Waals surface area contributed by atoms with Crippen LogP contribution < -0.4 is 4.90 Å². The van der Waals surface area contributed by atoms with E-state index in [1.807, 2.05) is 54.4 Å². The third-order valence-corrected chi connectivity index (χ3v) is 4.98. The lowest BCUT2D eigenvalue weighted by molar-refractivity contribution is -0.139. The first-order valence-electron chi connectivity index (χ1n) is 9.10. The molecule has 144 valence electrons. The molecule has 1 saturated heterocycles. The summed E-state index contributed by atoms with van der Waals surface area (Å²) in [4.78, 5) is 25.7. The molecule has 0 saturated carbocycles. The van der Waals surface area contributed by atoms with Crippen LogP contribution in [-0.4, -0.2) is 55.1 Å². The number of anilines is 1. The summed E-state index contributed by atoms with van der Waals surface area (Å²) in [5, 5.41) is 0.658. The Hall–Kier alpha value is -2.18. The van der Waals surface area contributed by atoms with Crippen LogP contribution in [0.2, 0.25) is 5.02 Å². The predicted molar refractivity (Wildman–Crippen MR) is 107 cm³/mol. The molecule has 0 unspecified atom stereocenters. The van der Waals surface area contributed by atoms with E-state index in [2.05, 4.69) is 4.98 Å². The molecule has 1 amide bonds. The summed E-state index contributed by atoms with van der Waals surface area (Å²) in [6.45, 7) is 0.789. The molecule has 1 aromatic carbocycles. The molecule has 6 nitrogen and oxygen atoms in total. The van der Waals surface area contributed by atoms with Crippen LogP contribution in [0.25, 0.3) is 11.1 Å². The minimum atomic E-state index is -0.0999. The number of benzene rings is 1. The zero-order valence-corrected chi connectivity index (χ0v) is 16.7. The maximum atomic E-state index is 12.6. The highest BCUT2D eigenvalue weighted by atomic mass is 35.5. The summed E-state index contributed by atoms with van der Waals surface area (Å²) in [7, 11) is 5.36. The van der Waals surface area contributed by atoms with Gasteiger partial charge in [-0.3, -0.25) is 4.79 Å². The second kappa shape index (κ2) is 8.67. The highest BCUT2D eigenvalue weighted by molar-refractivity contribution is 6.30. The Morgan fingerprint density at radius 2 is 2.19 bits per heavy atom. The fourth-order valence-electron chi connectivity index (χ4n) is 3.45. The lowest BCUT2D eigenvalue weighted by atomic mass is 9.93. The van der Waals surface area contributed by atoms with Gasteiger partial charge in [-0.25, -0.2) is 9.97 Å². The minimum Gasteiger partial charge on any atom is -0.375 e. The third-order valence-electron chi connectivity index (χ3n) is 4.75. The zero-order valence-electron chi connectivity index (χ0n) is 16.0. The smallest absolute Gasteiger partial charge is 0.249 e. The van der Waals surface area contributed by atoms with E-state index < -0.39 is 0 Å². The highest BCUT2D eigenvalue weighted by Gasteiger charge is 2.31. The second-order valence-electron chi connectivity index (χ2n) is 6.91. The number of carbonyl (C=O) groups excluding carboxylic acids is 1. The van der Waals surface area contributed by atoms with E-state index in [-0.39, 0.29) is 18.6 Å². The van der Waals surface area contributed by atoms with Gasteiger partial charge in [-0.15, -0.1) is 0 Å². The van der Waals surface area contributed by atoms with Crippen LogP contribution in [-0.2, 0) is 9.53 Å². The first-order chi connectivity index (χ1) is 13.0. The molecule has 1 fully saturated rings. The van der Waals surface area contributed by atoms with Crippen molar-refractivity contribution in [3.05, 3.63) is 41.2 Å². The van der Waals surface area contributed by atoms with Crippen molar-refractivity contribution in [2.75, 3.05) is 39.3 Å². The van der Waals surface area contributed by atoms with Gasteiger partial charge < -0.3 is 14.5 Å². The molecule has 0 radical (unpaired) electrons. The molecule has 0 spiro atoms. The van der Waals surface area contributed by atoms with E-state index >= 15 is 0 Å². The van der Waals surface area contributed by atoms with Crippen molar-refractivity contribution >= 4 is 23.5 Å². The Kier molecular flexibility index (Phi) is 6.29. The van der Waals surface area contributed by atoms with E-state index in [9.17, 15) is 4.79 Å². The fourth-order valence-corrected chi connectivity index (χ4v) is 3.64. The molecule has 3 rings (SSSR count). The Morgan fingerprint density at radius 1 is 1.37 bits per heavy atom. The maximum Gasteiger partial charge on any atom is 0.249 e. The van der Waals surface area contributed by atoms with Gasteiger partial charge in [-0.2, -0.15) is 0 Å². The van der Waals surface area contributed by atoms with Gasteiger partial charge in [-0.05, 0) is 37.0 Å². The number of aromatic nitrogens is 2. The topological polar surface area (TPSA) is 58.6 Å². The van der Waals surface area contributed by atoms with Crippen LogP contribution in [0.5, 0.6) is 0 Å². The first kappa shape index (κ1) is 19.6. The minimum absolute atomic E-state index is 0.00995.